The summed E-state index contributed by atoms with van der Waals surface area (Å²) >= 11 is 0. The molecule has 0 amide bonds. The van der Waals surface area contributed by atoms with Gasteiger partial charge in [0.2, 0.25) is 0 Å². The number of nitrogens with two attached hydrogens (primary N) is 1. The second-order valence-electron chi connectivity index (χ2n) is 6.58. The van der Waals surface area contributed by atoms with E-state index in [1.807, 2.05) is 36.4 Å². The minimum absolute atomic E-state index is 0.451. The van der Waals surface area contributed by atoms with Gasteiger partial charge in [-0.15, -0.1) is 0 Å². The second kappa shape index (κ2) is 8.16. The van der Waals surface area contributed by atoms with Crippen LogP contribution in [0.1, 0.15) is 50.0 Å². The van der Waals surface area contributed by atoms with Gasteiger partial charge in [-0.1, -0.05) is 56.0 Å². The predicted octanol–water partition coefficient (Wildman–Crippen LogP) is 5.49. The standard InChI is InChI=1S/C21H27NO/c22-16-21(17-9-4-1-2-5-10-17)18-11-8-14-20(15-18)23-19-12-6-3-7-13-19/h3,6-8,11-15,17,21H,1-2,4-5,9-10,16,22H2. The Morgan fingerprint density at radius 1 is 0.870 bits per heavy atom. The molecule has 1 aliphatic rings. The maximum Gasteiger partial charge on any atom is 0.127 e. The fourth-order valence-electron chi connectivity index (χ4n) is 3.75. The Bertz CT molecular complexity index is 588. The van der Waals surface area contributed by atoms with E-state index in [0.29, 0.717) is 5.92 Å². The summed E-state index contributed by atoms with van der Waals surface area (Å²) in [5.74, 6) is 2.95. The lowest BCUT2D eigenvalue weighted by Crippen LogP contribution is -2.21. The molecule has 0 spiro atoms. The Hall–Kier alpha value is -1.80. The molecule has 0 saturated heterocycles. The second-order valence-corrected chi connectivity index (χ2v) is 6.58. The van der Waals surface area contributed by atoms with Crippen molar-refractivity contribution in [2.24, 2.45) is 11.7 Å². The number of ether oxygens (including phenoxy) is 1. The van der Waals surface area contributed by atoms with Crippen molar-refractivity contribution in [3.63, 3.8) is 0 Å². The van der Waals surface area contributed by atoms with Gasteiger partial charge in [0.15, 0.2) is 0 Å². The van der Waals surface area contributed by atoms with E-state index in [1.165, 1.54) is 44.1 Å². The van der Waals surface area contributed by atoms with Gasteiger partial charge in [-0.3, -0.25) is 0 Å². The molecule has 0 bridgehead atoms. The highest BCUT2D eigenvalue weighted by molar-refractivity contribution is 5.35. The van der Waals surface area contributed by atoms with Gasteiger partial charge in [0, 0.05) is 0 Å². The minimum atomic E-state index is 0.451. The summed E-state index contributed by atoms with van der Waals surface area (Å²) < 4.78 is 5.98. The van der Waals surface area contributed by atoms with Crippen LogP contribution in [0.5, 0.6) is 11.5 Å². The quantitative estimate of drug-likeness (QED) is 0.741. The zero-order valence-corrected chi connectivity index (χ0v) is 13.8. The molecule has 2 nitrogen and oxygen atoms in total. The zero-order valence-electron chi connectivity index (χ0n) is 13.8. The maximum atomic E-state index is 6.15. The van der Waals surface area contributed by atoms with Gasteiger partial charge in [-0.25, -0.2) is 0 Å². The fraction of sp³-hybridized carbons (Fsp3) is 0.429. The summed E-state index contributed by atoms with van der Waals surface area (Å²) in [5.41, 5.74) is 7.48. The van der Waals surface area contributed by atoms with E-state index in [1.54, 1.807) is 0 Å². The zero-order chi connectivity index (χ0) is 15.9. The van der Waals surface area contributed by atoms with Crippen LogP contribution in [-0.2, 0) is 0 Å². The molecule has 1 fully saturated rings. The predicted molar refractivity (Wildman–Crippen MR) is 95.9 cm³/mol. The number of hydrogen-bond donors (Lipinski definition) is 1. The van der Waals surface area contributed by atoms with Crippen molar-refractivity contribution in [1.82, 2.24) is 0 Å². The molecular formula is C21H27NO. The molecule has 2 heteroatoms. The summed E-state index contributed by atoms with van der Waals surface area (Å²) in [6, 6.07) is 18.5. The van der Waals surface area contributed by atoms with Crippen LogP contribution in [-0.4, -0.2) is 6.54 Å². The van der Waals surface area contributed by atoms with Crippen LogP contribution >= 0.6 is 0 Å². The maximum absolute atomic E-state index is 6.15. The van der Waals surface area contributed by atoms with E-state index in [0.717, 1.165) is 24.0 Å². The first-order valence-corrected chi connectivity index (χ1v) is 8.90. The first kappa shape index (κ1) is 16.1. The van der Waals surface area contributed by atoms with Crippen molar-refractivity contribution in [3.8, 4) is 11.5 Å². The van der Waals surface area contributed by atoms with E-state index < -0.39 is 0 Å². The Labute approximate surface area is 139 Å². The Morgan fingerprint density at radius 3 is 2.26 bits per heavy atom. The van der Waals surface area contributed by atoms with E-state index in [9.17, 15) is 0 Å². The van der Waals surface area contributed by atoms with Crippen LogP contribution in [0, 0.1) is 5.92 Å². The lowest BCUT2D eigenvalue weighted by molar-refractivity contribution is 0.379. The van der Waals surface area contributed by atoms with Gasteiger partial charge in [0.05, 0.1) is 0 Å². The van der Waals surface area contributed by atoms with Crippen LogP contribution in [0.15, 0.2) is 54.6 Å². The lowest BCUT2D eigenvalue weighted by atomic mass is 9.81. The van der Waals surface area contributed by atoms with Gasteiger partial charge in [-0.05, 0) is 61.1 Å². The molecule has 23 heavy (non-hydrogen) atoms. The molecule has 0 radical (unpaired) electrons. The summed E-state index contributed by atoms with van der Waals surface area (Å²) in [6.45, 7) is 0.722. The molecule has 1 atom stereocenters. The van der Waals surface area contributed by atoms with E-state index in [-0.39, 0.29) is 0 Å². The number of para-hydroxylation sites is 1. The molecule has 2 aromatic rings. The van der Waals surface area contributed by atoms with Crippen LogP contribution in [0.2, 0.25) is 0 Å². The van der Waals surface area contributed by atoms with E-state index >= 15 is 0 Å². The van der Waals surface area contributed by atoms with Crippen molar-refractivity contribution in [3.05, 3.63) is 60.2 Å². The summed E-state index contributed by atoms with van der Waals surface area (Å²) in [7, 11) is 0. The van der Waals surface area contributed by atoms with Crippen molar-refractivity contribution in [1.29, 1.82) is 0 Å². The van der Waals surface area contributed by atoms with E-state index in [2.05, 4.69) is 18.2 Å². The Balaban J connectivity index is 1.76. The molecule has 3 rings (SSSR count). The minimum Gasteiger partial charge on any atom is -0.457 e. The smallest absolute Gasteiger partial charge is 0.127 e. The van der Waals surface area contributed by atoms with Crippen LogP contribution in [0.3, 0.4) is 0 Å². The van der Waals surface area contributed by atoms with Crippen molar-refractivity contribution >= 4 is 0 Å². The lowest BCUT2D eigenvalue weighted by Gasteiger charge is -2.25. The Morgan fingerprint density at radius 2 is 1.57 bits per heavy atom. The first-order chi connectivity index (χ1) is 11.4. The Kier molecular flexibility index (Phi) is 5.71. The third-order valence-corrected chi connectivity index (χ3v) is 4.99. The largest absolute Gasteiger partial charge is 0.457 e. The average molecular weight is 309 g/mol. The van der Waals surface area contributed by atoms with E-state index in [4.69, 9.17) is 10.5 Å². The van der Waals surface area contributed by atoms with Gasteiger partial charge in [0.1, 0.15) is 11.5 Å². The molecule has 0 aromatic heterocycles. The summed E-state index contributed by atoms with van der Waals surface area (Å²) in [5, 5.41) is 0. The van der Waals surface area contributed by atoms with Crippen molar-refractivity contribution < 1.29 is 4.74 Å². The average Bonchev–Trinajstić information content (AvgIpc) is 2.86. The third kappa shape index (κ3) is 4.35. The SMILES string of the molecule is NCC(c1cccc(Oc2ccccc2)c1)C1CCCCCC1. The third-order valence-electron chi connectivity index (χ3n) is 4.99. The van der Waals surface area contributed by atoms with Crippen LogP contribution < -0.4 is 10.5 Å². The first-order valence-electron chi connectivity index (χ1n) is 8.90. The van der Waals surface area contributed by atoms with Gasteiger partial charge in [-0.2, -0.15) is 0 Å². The fourth-order valence-corrected chi connectivity index (χ4v) is 3.75. The summed E-state index contributed by atoms with van der Waals surface area (Å²) in [6.07, 6.45) is 8.08. The van der Waals surface area contributed by atoms with Crippen LogP contribution in [0.4, 0.5) is 0 Å². The highest BCUT2D eigenvalue weighted by Gasteiger charge is 2.23. The van der Waals surface area contributed by atoms with Gasteiger partial charge in [0.25, 0.3) is 0 Å². The molecule has 122 valence electrons. The van der Waals surface area contributed by atoms with Crippen molar-refractivity contribution in [2.45, 2.75) is 44.4 Å². The molecular weight excluding hydrogens is 282 g/mol. The number of rotatable bonds is 5. The molecule has 0 heterocycles. The molecule has 0 aliphatic heterocycles. The number of hydrogen-bond acceptors (Lipinski definition) is 2. The molecule has 2 N–H and O–H groups in total. The highest BCUT2D eigenvalue weighted by atomic mass is 16.5. The normalized spacial score (nSPS) is 17.4. The molecule has 1 unspecified atom stereocenters. The molecule has 1 aliphatic carbocycles. The topological polar surface area (TPSA) is 35.2 Å². The highest BCUT2D eigenvalue weighted by Crippen LogP contribution is 2.36. The number of benzene rings is 2. The monoisotopic (exact) mass is 309 g/mol. The van der Waals surface area contributed by atoms with Gasteiger partial charge >= 0.3 is 0 Å². The molecule has 2 aromatic carbocycles. The summed E-state index contributed by atoms with van der Waals surface area (Å²) in [4.78, 5) is 0. The van der Waals surface area contributed by atoms with Crippen molar-refractivity contribution in [2.75, 3.05) is 6.54 Å². The van der Waals surface area contributed by atoms with Gasteiger partial charge < -0.3 is 10.5 Å². The van der Waals surface area contributed by atoms with Crippen LogP contribution in [0.25, 0.3) is 0 Å². The molecule has 1 saturated carbocycles.